The number of halogens is 6. The van der Waals surface area contributed by atoms with Crippen molar-refractivity contribution in [1.82, 2.24) is 5.32 Å². The summed E-state index contributed by atoms with van der Waals surface area (Å²) in [4.78, 5) is 23.2. The zero-order valence-corrected chi connectivity index (χ0v) is 29.7. The average molecular weight is 822 g/mol. The van der Waals surface area contributed by atoms with Crippen molar-refractivity contribution >= 4 is 70.4 Å². The van der Waals surface area contributed by atoms with Crippen LogP contribution >= 0.6 is 47.8 Å². The second-order valence-electron chi connectivity index (χ2n) is 10.2. The molecule has 1 atom stereocenters. The van der Waals surface area contributed by atoms with Crippen LogP contribution in [-0.4, -0.2) is 17.0 Å². The molecule has 0 unspecified atom stereocenters. The van der Waals surface area contributed by atoms with Crippen LogP contribution < -0.4 is 5.32 Å². The summed E-state index contributed by atoms with van der Waals surface area (Å²) >= 11 is 9.79. The van der Waals surface area contributed by atoms with Crippen LogP contribution in [0.3, 0.4) is 0 Å². The van der Waals surface area contributed by atoms with E-state index < -0.39 is 23.6 Å². The number of carbonyl (C=O) groups is 2. The van der Waals surface area contributed by atoms with Crippen LogP contribution in [0.25, 0.3) is 10.8 Å². The van der Waals surface area contributed by atoms with Gasteiger partial charge in [-0.3, -0.25) is 9.59 Å². The third kappa shape index (κ3) is 11.1. The number of hydrogen-bond donors (Lipinski definition) is 2. The first-order valence-corrected chi connectivity index (χ1v) is 16.7. The Kier molecular flexibility index (Phi) is 14.0. The van der Waals surface area contributed by atoms with Crippen molar-refractivity contribution in [3.05, 3.63) is 152 Å². The van der Waals surface area contributed by atoms with Gasteiger partial charge in [-0.25, -0.2) is 0 Å². The molecule has 2 N–H and O–H groups in total. The number of amides is 1. The smallest absolute Gasteiger partial charge is 0.416 e. The summed E-state index contributed by atoms with van der Waals surface area (Å²) in [5.74, 6) is -1.27. The van der Waals surface area contributed by atoms with Crippen molar-refractivity contribution in [2.75, 3.05) is 0 Å². The number of nitrogens with one attached hydrogen (secondary N) is 1. The Morgan fingerprint density at radius 1 is 0.804 bits per heavy atom. The highest BCUT2D eigenvalue weighted by molar-refractivity contribution is 9.10. The minimum Gasteiger partial charge on any atom is -0.481 e. The number of fused-ring (bicyclic) bond motifs is 1. The van der Waals surface area contributed by atoms with E-state index in [1.807, 2.05) is 85.8 Å². The monoisotopic (exact) mass is 819 g/mol. The maximum atomic E-state index is 12.6. The van der Waals surface area contributed by atoms with Gasteiger partial charge in [0.05, 0.1) is 17.0 Å². The Morgan fingerprint density at radius 3 is 2.11 bits per heavy atom. The molecule has 0 saturated heterocycles. The molecule has 10 heteroatoms. The van der Waals surface area contributed by atoms with Crippen LogP contribution in [0.1, 0.15) is 51.0 Å². The Balaban J connectivity index is 0.000000205. The molecule has 4 nitrogen and oxygen atoms in total. The van der Waals surface area contributed by atoms with Crippen molar-refractivity contribution in [2.45, 2.75) is 37.8 Å². The summed E-state index contributed by atoms with van der Waals surface area (Å²) in [5, 5.41) is 14.2. The lowest BCUT2D eigenvalue weighted by Gasteiger charge is -2.11. The van der Waals surface area contributed by atoms with Crippen LogP contribution in [0.15, 0.2) is 118 Å². The summed E-state index contributed by atoms with van der Waals surface area (Å²) in [6, 6.07) is 32.6. The van der Waals surface area contributed by atoms with Crippen LogP contribution in [0.2, 0.25) is 0 Å². The third-order valence-electron chi connectivity index (χ3n) is 6.86. The lowest BCUT2D eigenvalue weighted by atomic mass is 9.99. The van der Waals surface area contributed by atoms with Gasteiger partial charge in [-0.15, -0.1) is 0 Å². The van der Waals surface area contributed by atoms with Gasteiger partial charge in [0.2, 0.25) is 0 Å². The summed E-state index contributed by atoms with van der Waals surface area (Å²) < 4.78 is 38.2. The number of carbonyl (C=O) groups excluding carboxylic acids is 1. The number of benzene rings is 5. The molecule has 5 rings (SSSR count). The van der Waals surface area contributed by atoms with E-state index in [9.17, 15) is 22.8 Å². The third-order valence-corrected chi connectivity index (χ3v) is 8.53. The highest BCUT2D eigenvalue weighted by Crippen LogP contribution is 2.30. The molecule has 0 aliphatic heterocycles. The zero-order chi connectivity index (χ0) is 33.9. The fourth-order valence-corrected chi connectivity index (χ4v) is 5.33. The van der Waals surface area contributed by atoms with E-state index in [1.54, 1.807) is 13.0 Å². The van der Waals surface area contributed by atoms with E-state index in [4.69, 9.17) is 5.11 Å². The van der Waals surface area contributed by atoms with Crippen molar-refractivity contribution in [3.8, 4) is 0 Å². The number of hydrogen-bond acceptors (Lipinski definition) is 2. The highest BCUT2D eigenvalue weighted by Gasteiger charge is 2.30. The van der Waals surface area contributed by atoms with Gasteiger partial charge in [0.1, 0.15) is 0 Å². The molecule has 240 valence electrons. The first-order valence-electron chi connectivity index (χ1n) is 14.0. The van der Waals surface area contributed by atoms with Gasteiger partial charge in [0, 0.05) is 20.8 Å². The van der Waals surface area contributed by atoms with Crippen LogP contribution in [0, 0.1) is 6.92 Å². The second-order valence-corrected chi connectivity index (χ2v) is 12.6. The molecular formula is C36H31Br3F3NO3. The SMILES string of the molecule is C[C@H](C(=O)O)c1cccc(Br)c1.Cc1ccc2ccccc2c1C(=O)NCc1ccc(Br)cc1.FC(F)(F)c1cccc(CBr)c1. The molecule has 0 fully saturated rings. The fourth-order valence-electron chi connectivity index (χ4n) is 4.30. The minimum atomic E-state index is -4.24. The number of carboxylic acids is 1. The lowest BCUT2D eigenvalue weighted by molar-refractivity contribution is -0.138. The van der Waals surface area contributed by atoms with Crippen molar-refractivity contribution < 1.29 is 27.9 Å². The van der Waals surface area contributed by atoms with Crippen molar-refractivity contribution in [2.24, 2.45) is 0 Å². The molecule has 0 spiro atoms. The van der Waals surface area contributed by atoms with Gasteiger partial charge < -0.3 is 10.4 Å². The predicted molar refractivity (Wildman–Crippen MR) is 188 cm³/mol. The standard InChI is InChI=1S/C19H16BrNO.C9H9BrO2.C8H6BrF3/c1-13-6-9-15-4-2-3-5-17(15)18(13)19(22)21-12-14-7-10-16(20)11-8-14;1-6(9(11)12)7-3-2-4-8(10)5-7;9-5-6-2-1-3-7(4-6)8(10,11)12/h2-11H,12H2,1H3,(H,21,22);2-6H,1H3,(H,11,12);1-4H,5H2/t;6-;/m.0./s1. The predicted octanol–water partition coefficient (Wildman–Crippen LogP) is 11.1. The molecule has 46 heavy (non-hydrogen) atoms. The molecular weight excluding hydrogens is 791 g/mol. The molecule has 0 heterocycles. The minimum absolute atomic E-state index is 0.0304. The van der Waals surface area contributed by atoms with Crippen molar-refractivity contribution in [3.63, 3.8) is 0 Å². The quantitative estimate of drug-likeness (QED) is 0.168. The molecule has 0 aliphatic rings. The Bertz CT molecular complexity index is 1780. The number of aryl methyl sites for hydroxylation is 1. The Hall–Kier alpha value is -3.47. The molecule has 5 aromatic rings. The number of carboxylic acid groups (broad SMARTS) is 1. The molecule has 0 radical (unpaired) electrons. The molecule has 5 aromatic carbocycles. The van der Waals surface area contributed by atoms with E-state index in [2.05, 4.69) is 59.2 Å². The Labute approximate surface area is 291 Å². The van der Waals surface area contributed by atoms with Gasteiger partial charge >= 0.3 is 12.1 Å². The maximum absolute atomic E-state index is 12.6. The number of rotatable bonds is 6. The molecule has 0 aliphatic carbocycles. The van der Waals surface area contributed by atoms with E-state index in [0.717, 1.165) is 54.1 Å². The summed E-state index contributed by atoms with van der Waals surface area (Å²) in [5.41, 5.74) is 3.68. The maximum Gasteiger partial charge on any atom is 0.416 e. The fraction of sp³-hybridized carbons (Fsp3) is 0.167. The van der Waals surface area contributed by atoms with Gasteiger partial charge in [0.15, 0.2) is 0 Å². The van der Waals surface area contributed by atoms with E-state index in [-0.39, 0.29) is 5.91 Å². The normalized spacial score (nSPS) is 11.4. The summed E-state index contributed by atoms with van der Waals surface area (Å²) in [6.07, 6.45) is -4.24. The van der Waals surface area contributed by atoms with Crippen LogP contribution in [-0.2, 0) is 22.8 Å². The van der Waals surface area contributed by atoms with E-state index >= 15 is 0 Å². The molecule has 0 bridgehead atoms. The van der Waals surface area contributed by atoms with E-state index in [0.29, 0.717) is 17.4 Å². The highest BCUT2D eigenvalue weighted by atomic mass is 79.9. The van der Waals surface area contributed by atoms with Gasteiger partial charge in [-0.1, -0.05) is 127 Å². The summed E-state index contributed by atoms with van der Waals surface area (Å²) in [7, 11) is 0. The molecule has 1 amide bonds. The average Bonchev–Trinajstić information content (AvgIpc) is 3.04. The van der Waals surface area contributed by atoms with Crippen LogP contribution in [0.5, 0.6) is 0 Å². The van der Waals surface area contributed by atoms with Gasteiger partial charge in [-0.2, -0.15) is 13.2 Å². The lowest BCUT2D eigenvalue weighted by Crippen LogP contribution is -2.23. The first kappa shape index (κ1) is 37.0. The Morgan fingerprint density at radius 2 is 1.48 bits per heavy atom. The topological polar surface area (TPSA) is 66.4 Å². The first-order chi connectivity index (χ1) is 21.8. The second kappa shape index (κ2) is 17.4. The molecule has 0 aromatic heterocycles. The van der Waals surface area contributed by atoms with Gasteiger partial charge in [-0.05, 0) is 77.2 Å². The van der Waals surface area contributed by atoms with Crippen molar-refractivity contribution in [1.29, 1.82) is 0 Å². The van der Waals surface area contributed by atoms with Crippen LogP contribution in [0.4, 0.5) is 13.2 Å². The largest absolute Gasteiger partial charge is 0.481 e. The summed E-state index contributed by atoms with van der Waals surface area (Å²) in [6.45, 7) is 4.17. The van der Waals surface area contributed by atoms with E-state index in [1.165, 1.54) is 6.07 Å². The van der Waals surface area contributed by atoms with Gasteiger partial charge in [0.25, 0.3) is 5.91 Å². The zero-order valence-electron chi connectivity index (χ0n) is 24.9. The molecule has 0 saturated carbocycles. The number of aliphatic carboxylic acids is 1. The number of alkyl halides is 4.